The molecule has 0 radical (unpaired) electrons. The molecular formula is C13H22N2O. The second-order valence-corrected chi connectivity index (χ2v) is 3.71. The molecule has 3 heteroatoms. The van der Waals surface area contributed by atoms with E-state index in [1.54, 1.807) is 0 Å². The van der Waals surface area contributed by atoms with Crippen molar-refractivity contribution >= 4 is 11.7 Å². The Morgan fingerprint density at radius 2 is 1.88 bits per heavy atom. The molecule has 3 nitrogen and oxygen atoms in total. The van der Waals surface area contributed by atoms with E-state index in [0.29, 0.717) is 11.7 Å². The van der Waals surface area contributed by atoms with E-state index >= 15 is 0 Å². The summed E-state index contributed by atoms with van der Waals surface area (Å²) in [6.45, 7) is 11.7. The van der Waals surface area contributed by atoms with E-state index in [1.807, 2.05) is 32.9 Å². The monoisotopic (exact) mass is 222 g/mol. The zero-order valence-corrected chi connectivity index (χ0v) is 11.1. The number of nitrogens with one attached hydrogen (secondary N) is 1. The number of rotatable bonds is 2. The average molecular weight is 222 g/mol. The first-order valence-electron chi connectivity index (χ1n) is 5.76. The summed E-state index contributed by atoms with van der Waals surface area (Å²) >= 11 is 0. The molecule has 0 saturated heterocycles. The lowest BCUT2D eigenvalue weighted by molar-refractivity contribution is -0.114. The van der Waals surface area contributed by atoms with Gasteiger partial charge in [-0.1, -0.05) is 33.8 Å². The van der Waals surface area contributed by atoms with Crippen LogP contribution in [0.3, 0.4) is 0 Å². The third-order valence-electron chi connectivity index (χ3n) is 2.05. The molecule has 0 aliphatic heterocycles. The highest BCUT2D eigenvalue weighted by molar-refractivity contribution is 5.87. The first-order valence-corrected chi connectivity index (χ1v) is 5.76. The predicted octanol–water partition coefficient (Wildman–Crippen LogP) is 3.50. The third-order valence-corrected chi connectivity index (χ3v) is 2.05. The molecule has 1 heterocycles. The summed E-state index contributed by atoms with van der Waals surface area (Å²) < 4.78 is 0. The van der Waals surface area contributed by atoms with E-state index in [4.69, 9.17) is 0 Å². The van der Waals surface area contributed by atoms with Crippen molar-refractivity contribution in [2.24, 2.45) is 0 Å². The number of aromatic nitrogens is 1. The predicted molar refractivity (Wildman–Crippen MR) is 68.7 cm³/mol. The van der Waals surface area contributed by atoms with Crippen LogP contribution in [0.5, 0.6) is 0 Å². The van der Waals surface area contributed by atoms with Crippen LogP contribution in [0.1, 0.15) is 51.8 Å². The molecule has 1 aromatic heterocycles. The number of carbonyl (C=O) groups excluding carboxylic acids is 1. The third kappa shape index (κ3) is 4.43. The Hall–Kier alpha value is -1.38. The van der Waals surface area contributed by atoms with E-state index in [1.165, 1.54) is 12.5 Å². The molecule has 1 N–H and O–H groups in total. The lowest BCUT2D eigenvalue weighted by Crippen LogP contribution is -2.08. The Labute approximate surface area is 98.3 Å². The molecule has 0 fully saturated rings. The van der Waals surface area contributed by atoms with Crippen molar-refractivity contribution in [2.75, 3.05) is 5.32 Å². The summed E-state index contributed by atoms with van der Waals surface area (Å²) in [5.74, 6) is 1.00. The topological polar surface area (TPSA) is 42.0 Å². The van der Waals surface area contributed by atoms with Gasteiger partial charge in [-0.05, 0) is 24.5 Å². The molecule has 1 amide bonds. The summed E-state index contributed by atoms with van der Waals surface area (Å²) in [5.41, 5.74) is 2.20. The largest absolute Gasteiger partial charge is 0.311 e. The molecule has 0 spiro atoms. The van der Waals surface area contributed by atoms with Crippen molar-refractivity contribution in [3.05, 3.63) is 23.4 Å². The lowest BCUT2D eigenvalue weighted by atomic mass is 10.0. The summed E-state index contributed by atoms with van der Waals surface area (Å²) in [6, 6.07) is 3.85. The van der Waals surface area contributed by atoms with Gasteiger partial charge >= 0.3 is 0 Å². The molecule has 0 atom stereocenters. The van der Waals surface area contributed by atoms with Gasteiger partial charge in [0.2, 0.25) is 5.91 Å². The van der Waals surface area contributed by atoms with Crippen LogP contribution >= 0.6 is 0 Å². The molecule has 0 aliphatic rings. The fourth-order valence-electron chi connectivity index (χ4n) is 1.43. The van der Waals surface area contributed by atoms with Crippen LogP contribution in [0.2, 0.25) is 0 Å². The van der Waals surface area contributed by atoms with Gasteiger partial charge in [-0.2, -0.15) is 0 Å². The van der Waals surface area contributed by atoms with Gasteiger partial charge in [0.05, 0.1) is 0 Å². The zero-order chi connectivity index (χ0) is 12.7. The van der Waals surface area contributed by atoms with Gasteiger partial charge in [0.15, 0.2) is 0 Å². The fourth-order valence-corrected chi connectivity index (χ4v) is 1.43. The van der Waals surface area contributed by atoms with Crippen LogP contribution in [0.15, 0.2) is 12.1 Å². The van der Waals surface area contributed by atoms with Gasteiger partial charge in [-0.3, -0.25) is 4.79 Å². The molecular weight excluding hydrogens is 200 g/mol. The van der Waals surface area contributed by atoms with Gasteiger partial charge in [0.25, 0.3) is 0 Å². The second kappa shape index (κ2) is 6.99. The number of pyridine rings is 1. The van der Waals surface area contributed by atoms with Crippen LogP contribution in [0.25, 0.3) is 0 Å². The standard InChI is InChI=1S/C11H16N2O.C2H6/c1-7(2)10-5-6-11(12-8(10)3)13-9(4)14;1-2/h5-7H,1-4H3,(H,12,13,14);1-2H3. The van der Waals surface area contributed by atoms with Crippen molar-refractivity contribution < 1.29 is 4.79 Å². The van der Waals surface area contributed by atoms with Crippen LogP contribution in [0, 0.1) is 6.92 Å². The lowest BCUT2D eigenvalue weighted by Gasteiger charge is -2.10. The van der Waals surface area contributed by atoms with Gasteiger partial charge in [-0.15, -0.1) is 0 Å². The quantitative estimate of drug-likeness (QED) is 0.832. The van der Waals surface area contributed by atoms with Crippen molar-refractivity contribution in [3.63, 3.8) is 0 Å². The Morgan fingerprint density at radius 1 is 1.31 bits per heavy atom. The number of anilines is 1. The highest BCUT2D eigenvalue weighted by Crippen LogP contribution is 2.18. The molecule has 0 bridgehead atoms. The Kier molecular flexibility index (Phi) is 6.38. The van der Waals surface area contributed by atoms with Gasteiger partial charge in [0.1, 0.15) is 5.82 Å². The van der Waals surface area contributed by atoms with Crippen LogP contribution < -0.4 is 5.32 Å². The van der Waals surface area contributed by atoms with E-state index in [-0.39, 0.29) is 5.91 Å². The normalized spacial score (nSPS) is 9.44. The van der Waals surface area contributed by atoms with Crippen LogP contribution in [-0.2, 0) is 4.79 Å². The molecule has 0 aliphatic carbocycles. The summed E-state index contributed by atoms with van der Waals surface area (Å²) in [4.78, 5) is 15.1. The van der Waals surface area contributed by atoms with Crippen molar-refractivity contribution in [1.29, 1.82) is 0 Å². The first kappa shape index (κ1) is 14.6. The SMILES string of the molecule is CC.CC(=O)Nc1ccc(C(C)C)c(C)n1. The second-order valence-electron chi connectivity index (χ2n) is 3.71. The molecule has 0 saturated carbocycles. The van der Waals surface area contributed by atoms with E-state index in [2.05, 4.69) is 24.1 Å². The van der Waals surface area contributed by atoms with Gasteiger partial charge in [0, 0.05) is 12.6 Å². The maximum absolute atomic E-state index is 10.8. The summed E-state index contributed by atoms with van der Waals surface area (Å²) in [6.07, 6.45) is 0. The number of hydrogen-bond acceptors (Lipinski definition) is 2. The van der Waals surface area contributed by atoms with Crippen molar-refractivity contribution in [1.82, 2.24) is 4.98 Å². The number of carbonyl (C=O) groups is 1. The van der Waals surface area contributed by atoms with E-state index in [9.17, 15) is 4.79 Å². The van der Waals surface area contributed by atoms with Gasteiger partial charge < -0.3 is 5.32 Å². The molecule has 1 rings (SSSR count). The smallest absolute Gasteiger partial charge is 0.222 e. The Balaban J connectivity index is 0.00000106. The Morgan fingerprint density at radius 3 is 2.25 bits per heavy atom. The fraction of sp³-hybridized carbons (Fsp3) is 0.538. The summed E-state index contributed by atoms with van der Waals surface area (Å²) in [5, 5.41) is 2.66. The maximum atomic E-state index is 10.8. The van der Waals surface area contributed by atoms with Gasteiger partial charge in [-0.25, -0.2) is 4.98 Å². The number of nitrogens with zero attached hydrogens (tertiary/aromatic N) is 1. The highest BCUT2D eigenvalue weighted by atomic mass is 16.1. The summed E-state index contributed by atoms with van der Waals surface area (Å²) in [7, 11) is 0. The van der Waals surface area contributed by atoms with Crippen molar-refractivity contribution in [2.45, 2.75) is 47.5 Å². The van der Waals surface area contributed by atoms with E-state index in [0.717, 1.165) is 5.69 Å². The molecule has 16 heavy (non-hydrogen) atoms. The number of hydrogen-bond donors (Lipinski definition) is 1. The Bertz CT molecular complexity index is 346. The first-order chi connectivity index (χ1) is 7.50. The number of amides is 1. The minimum Gasteiger partial charge on any atom is -0.311 e. The van der Waals surface area contributed by atoms with Crippen molar-refractivity contribution in [3.8, 4) is 0 Å². The van der Waals surface area contributed by atoms with Crippen LogP contribution in [0.4, 0.5) is 5.82 Å². The molecule has 1 aromatic rings. The molecule has 0 aromatic carbocycles. The average Bonchev–Trinajstić information content (AvgIpc) is 2.19. The molecule has 0 unspecified atom stereocenters. The zero-order valence-electron chi connectivity index (χ0n) is 11.1. The van der Waals surface area contributed by atoms with E-state index < -0.39 is 0 Å². The minimum absolute atomic E-state index is 0.0887. The molecule has 90 valence electrons. The highest BCUT2D eigenvalue weighted by Gasteiger charge is 2.05. The number of aryl methyl sites for hydroxylation is 1. The maximum Gasteiger partial charge on any atom is 0.222 e. The van der Waals surface area contributed by atoms with Crippen LogP contribution in [-0.4, -0.2) is 10.9 Å². The minimum atomic E-state index is -0.0887.